The topological polar surface area (TPSA) is 64.6 Å². The first-order valence-electron chi connectivity index (χ1n) is 10.3. The minimum Gasteiger partial charge on any atom is -0.490 e. The molecule has 0 fully saturated rings. The first kappa shape index (κ1) is 22.5. The number of carbonyl (C=O) groups is 2. The molecule has 0 saturated heterocycles. The summed E-state index contributed by atoms with van der Waals surface area (Å²) in [7, 11) is 0. The van der Waals surface area contributed by atoms with Gasteiger partial charge in [-0.3, -0.25) is 9.59 Å². The summed E-state index contributed by atoms with van der Waals surface area (Å²) in [6.45, 7) is 7.60. The van der Waals surface area contributed by atoms with E-state index in [0.29, 0.717) is 31.7 Å². The monoisotopic (exact) mass is 397 g/mol. The number of ether oxygens (including phenoxy) is 2. The van der Waals surface area contributed by atoms with Crippen LogP contribution in [0.5, 0.6) is 11.5 Å². The summed E-state index contributed by atoms with van der Waals surface area (Å²) in [6, 6.07) is 13.4. The molecule has 2 aromatic rings. The lowest BCUT2D eigenvalue weighted by molar-refractivity contribution is -0.121. The number of hydrogen-bond donors (Lipinski definition) is 1. The van der Waals surface area contributed by atoms with Gasteiger partial charge < -0.3 is 14.8 Å². The number of Topliss-reactive ketones (excluding diaryl/α,β-unsaturated/α-hetero) is 1. The van der Waals surface area contributed by atoms with Gasteiger partial charge in [-0.05, 0) is 49.9 Å². The standard InChI is InChI=1S/C24H31NO4/c1-4-18-7-10-20(11-8-18)21(26)12-14-24(27)25-16-15-19-9-13-22(28-5-2)23(17-19)29-6-3/h7-11,13,17H,4-6,12,14-16H2,1-3H3,(H,25,27). The van der Waals surface area contributed by atoms with E-state index in [1.54, 1.807) is 0 Å². The average molecular weight is 398 g/mol. The summed E-state index contributed by atoms with van der Waals surface area (Å²) in [6.07, 6.45) is 2.04. The number of benzene rings is 2. The van der Waals surface area contributed by atoms with Crippen molar-refractivity contribution in [2.75, 3.05) is 19.8 Å². The largest absolute Gasteiger partial charge is 0.490 e. The van der Waals surface area contributed by atoms with Crippen LogP contribution in [0.15, 0.2) is 42.5 Å². The Hall–Kier alpha value is -2.82. The van der Waals surface area contributed by atoms with Crippen molar-refractivity contribution in [3.63, 3.8) is 0 Å². The van der Waals surface area contributed by atoms with E-state index in [0.717, 1.165) is 23.5 Å². The molecule has 0 aliphatic carbocycles. The van der Waals surface area contributed by atoms with Crippen LogP contribution in [0, 0.1) is 0 Å². The van der Waals surface area contributed by atoms with Gasteiger partial charge in [-0.2, -0.15) is 0 Å². The Balaban J connectivity index is 1.77. The second-order valence-electron chi connectivity index (χ2n) is 6.72. The van der Waals surface area contributed by atoms with Gasteiger partial charge in [-0.1, -0.05) is 37.3 Å². The number of hydrogen-bond acceptors (Lipinski definition) is 4. The van der Waals surface area contributed by atoms with E-state index in [4.69, 9.17) is 9.47 Å². The zero-order valence-electron chi connectivity index (χ0n) is 17.6. The van der Waals surface area contributed by atoms with Crippen LogP contribution in [0.3, 0.4) is 0 Å². The molecule has 0 unspecified atom stereocenters. The summed E-state index contributed by atoms with van der Waals surface area (Å²) in [4.78, 5) is 24.3. The molecular weight excluding hydrogens is 366 g/mol. The van der Waals surface area contributed by atoms with Gasteiger partial charge in [0, 0.05) is 24.9 Å². The molecule has 5 heteroatoms. The molecule has 29 heavy (non-hydrogen) atoms. The van der Waals surface area contributed by atoms with Crippen LogP contribution in [0.25, 0.3) is 0 Å². The van der Waals surface area contributed by atoms with Crippen LogP contribution in [0.2, 0.25) is 0 Å². The zero-order valence-corrected chi connectivity index (χ0v) is 17.6. The quantitative estimate of drug-likeness (QED) is 0.540. The molecule has 2 aromatic carbocycles. The smallest absolute Gasteiger partial charge is 0.220 e. The van der Waals surface area contributed by atoms with E-state index in [-0.39, 0.29) is 24.5 Å². The van der Waals surface area contributed by atoms with Gasteiger partial charge in [0.1, 0.15) is 0 Å². The fraction of sp³-hybridized carbons (Fsp3) is 0.417. The van der Waals surface area contributed by atoms with Gasteiger partial charge in [-0.25, -0.2) is 0 Å². The van der Waals surface area contributed by atoms with E-state index in [2.05, 4.69) is 12.2 Å². The summed E-state index contributed by atoms with van der Waals surface area (Å²) < 4.78 is 11.2. The number of ketones is 1. The predicted molar refractivity (Wildman–Crippen MR) is 115 cm³/mol. The van der Waals surface area contributed by atoms with Crippen molar-refractivity contribution in [3.05, 3.63) is 59.2 Å². The van der Waals surface area contributed by atoms with Crippen LogP contribution in [0.4, 0.5) is 0 Å². The fourth-order valence-corrected chi connectivity index (χ4v) is 2.98. The average Bonchev–Trinajstić information content (AvgIpc) is 2.74. The fourth-order valence-electron chi connectivity index (χ4n) is 2.98. The number of amides is 1. The number of rotatable bonds is 12. The molecule has 156 valence electrons. The Bertz CT molecular complexity index is 799. The van der Waals surface area contributed by atoms with Gasteiger partial charge in [0.15, 0.2) is 17.3 Å². The molecule has 5 nitrogen and oxygen atoms in total. The normalized spacial score (nSPS) is 10.4. The van der Waals surface area contributed by atoms with Gasteiger partial charge in [0.05, 0.1) is 13.2 Å². The molecule has 0 spiro atoms. The molecule has 2 rings (SSSR count). The first-order valence-corrected chi connectivity index (χ1v) is 10.3. The van der Waals surface area contributed by atoms with E-state index in [9.17, 15) is 9.59 Å². The minimum atomic E-state index is -0.112. The highest BCUT2D eigenvalue weighted by Crippen LogP contribution is 2.28. The minimum absolute atomic E-state index is 0.00401. The molecule has 0 bridgehead atoms. The summed E-state index contributed by atoms with van der Waals surface area (Å²) in [5, 5.41) is 2.88. The van der Waals surface area contributed by atoms with E-state index < -0.39 is 0 Å². The van der Waals surface area contributed by atoms with Crippen LogP contribution in [0.1, 0.15) is 55.1 Å². The molecular formula is C24H31NO4. The highest BCUT2D eigenvalue weighted by molar-refractivity contribution is 5.97. The van der Waals surface area contributed by atoms with Crippen LogP contribution in [-0.2, 0) is 17.6 Å². The predicted octanol–water partition coefficient (Wildman–Crippen LogP) is 4.37. The van der Waals surface area contributed by atoms with Gasteiger partial charge >= 0.3 is 0 Å². The lowest BCUT2D eigenvalue weighted by atomic mass is 10.0. The number of aryl methyl sites for hydroxylation is 1. The second kappa shape index (κ2) is 11.9. The molecule has 1 N–H and O–H groups in total. The van der Waals surface area contributed by atoms with Crippen molar-refractivity contribution in [1.29, 1.82) is 0 Å². The maximum absolute atomic E-state index is 12.2. The molecule has 0 heterocycles. The highest BCUT2D eigenvalue weighted by atomic mass is 16.5. The highest BCUT2D eigenvalue weighted by Gasteiger charge is 2.10. The Morgan fingerprint density at radius 1 is 0.828 bits per heavy atom. The molecule has 1 amide bonds. The van der Waals surface area contributed by atoms with Gasteiger partial charge in [0.25, 0.3) is 0 Å². The third-order valence-corrected chi connectivity index (χ3v) is 4.61. The van der Waals surface area contributed by atoms with Crippen molar-refractivity contribution >= 4 is 11.7 Å². The summed E-state index contributed by atoms with van der Waals surface area (Å²) in [5.41, 5.74) is 2.92. The third-order valence-electron chi connectivity index (χ3n) is 4.61. The Kier molecular flexibility index (Phi) is 9.22. The SMILES string of the molecule is CCOc1ccc(CCNC(=O)CCC(=O)c2ccc(CC)cc2)cc1OCC. The Morgan fingerprint density at radius 3 is 2.14 bits per heavy atom. The Morgan fingerprint density at radius 2 is 1.48 bits per heavy atom. The lowest BCUT2D eigenvalue weighted by Gasteiger charge is -2.12. The van der Waals surface area contributed by atoms with Crippen molar-refractivity contribution in [3.8, 4) is 11.5 Å². The molecule has 0 aliphatic heterocycles. The molecule has 0 saturated carbocycles. The molecule has 0 atom stereocenters. The first-order chi connectivity index (χ1) is 14.1. The number of nitrogens with one attached hydrogen (secondary N) is 1. The van der Waals surface area contributed by atoms with Gasteiger partial charge in [0.2, 0.25) is 5.91 Å². The van der Waals surface area contributed by atoms with E-state index >= 15 is 0 Å². The third kappa shape index (κ3) is 7.26. The van der Waals surface area contributed by atoms with Crippen LogP contribution >= 0.6 is 0 Å². The summed E-state index contributed by atoms with van der Waals surface area (Å²) in [5.74, 6) is 1.33. The second-order valence-corrected chi connectivity index (χ2v) is 6.72. The van der Waals surface area contributed by atoms with Crippen molar-refractivity contribution in [2.24, 2.45) is 0 Å². The van der Waals surface area contributed by atoms with Gasteiger partial charge in [-0.15, -0.1) is 0 Å². The van der Waals surface area contributed by atoms with E-state index in [1.165, 1.54) is 5.56 Å². The van der Waals surface area contributed by atoms with Crippen molar-refractivity contribution in [1.82, 2.24) is 5.32 Å². The lowest BCUT2D eigenvalue weighted by Crippen LogP contribution is -2.26. The Labute approximate surface area is 173 Å². The maximum atomic E-state index is 12.2. The van der Waals surface area contributed by atoms with E-state index in [1.807, 2.05) is 56.3 Å². The molecule has 0 aliphatic rings. The number of carbonyl (C=O) groups excluding carboxylic acids is 2. The maximum Gasteiger partial charge on any atom is 0.220 e. The zero-order chi connectivity index (χ0) is 21.1. The van der Waals surface area contributed by atoms with Crippen molar-refractivity contribution in [2.45, 2.75) is 46.5 Å². The molecule has 0 aromatic heterocycles. The van der Waals surface area contributed by atoms with Crippen LogP contribution < -0.4 is 14.8 Å². The molecule has 0 radical (unpaired) electrons. The van der Waals surface area contributed by atoms with Crippen LogP contribution in [-0.4, -0.2) is 31.4 Å². The van der Waals surface area contributed by atoms with Crippen molar-refractivity contribution < 1.29 is 19.1 Å². The summed E-state index contributed by atoms with van der Waals surface area (Å²) >= 11 is 0.